The summed E-state index contributed by atoms with van der Waals surface area (Å²) < 4.78 is 0. The molecule has 1 saturated carbocycles. The Kier molecular flexibility index (Phi) is 7.36. The number of carbonyl (C=O) groups is 3. The average molecular weight is 477 g/mol. The molecule has 1 aromatic carbocycles. The summed E-state index contributed by atoms with van der Waals surface area (Å²) >= 11 is 7.64. The Morgan fingerprint density at radius 1 is 1.44 bits per heavy atom. The number of aromatic amines is 1. The standard InChI is InChI=1S/C22H25ClN4O4S/c1-32-9-7-13(11-24)26-19(28)15-4-2-3-8-22(15,21(25)31)17-14-6-5-12(23)10-16(14)27-18(17)20(29)30/h5-6,10,13,15,27H,2-4,7-9H2,1H3,(H2,25,31)(H,26,28)(H,29,30)/t13-,15-,22-/m0/s1. The highest BCUT2D eigenvalue weighted by molar-refractivity contribution is 7.98. The van der Waals surface area contributed by atoms with Crippen molar-refractivity contribution in [2.24, 2.45) is 11.7 Å². The molecule has 2 amide bonds. The first-order chi connectivity index (χ1) is 15.3. The van der Waals surface area contributed by atoms with Crippen molar-refractivity contribution in [2.45, 2.75) is 43.6 Å². The van der Waals surface area contributed by atoms with E-state index < -0.39 is 35.2 Å². The SMILES string of the molecule is CSCC[C@@H](C#N)NC(=O)[C@@H]1CCCC[C@@]1(C(N)=O)c1c(C(=O)O)[nH]c2cc(Cl)ccc12. The van der Waals surface area contributed by atoms with Gasteiger partial charge >= 0.3 is 5.97 Å². The van der Waals surface area contributed by atoms with E-state index in [9.17, 15) is 24.8 Å². The molecule has 2 aromatic rings. The van der Waals surface area contributed by atoms with Crippen LogP contribution in [0.3, 0.4) is 0 Å². The molecule has 1 aromatic heterocycles. The summed E-state index contributed by atoms with van der Waals surface area (Å²) in [5, 5.41) is 23.0. The van der Waals surface area contributed by atoms with Crippen molar-refractivity contribution in [3.8, 4) is 6.07 Å². The average Bonchev–Trinajstić information content (AvgIpc) is 3.15. The Balaban J connectivity index is 2.16. The van der Waals surface area contributed by atoms with E-state index in [0.29, 0.717) is 47.4 Å². The van der Waals surface area contributed by atoms with Gasteiger partial charge in [-0.3, -0.25) is 9.59 Å². The number of carbonyl (C=O) groups excluding carboxylic acids is 2. The number of aromatic nitrogens is 1. The zero-order valence-corrected chi connectivity index (χ0v) is 19.2. The Morgan fingerprint density at radius 2 is 2.19 bits per heavy atom. The fourth-order valence-corrected chi connectivity index (χ4v) is 5.36. The molecule has 0 aliphatic heterocycles. The van der Waals surface area contributed by atoms with E-state index in [4.69, 9.17) is 17.3 Å². The van der Waals surface area contributed by atoms with Gasteiger partial charge in [0.25, 0.3) is 0 Å². The Hall–Kier alpha value is -2.70. The molecule has 1 aliphatic rings. The number of carboxylic acid groups (broad SMARTS) is 1. The first kappa shape index (κ1) is 24.0. The second-order valence-corrected chi connectivity index (χ2v) is 9.40. The number of carboxylic acids is 1. The second kappa shape index (κ2) is 9.84. The highest BCUT2D eigenvalue weighted by Gasteiger charge is 2.53. The molecule has 1 heterocycles. The third kappa shape index (κ3) is 4.30. The topological polar surface area (TPSA) is 149 Å². The molecule has 170 valence electrons. The van der Waals surface area contributed by atoms with Crippen LogP contribution in [0.1, 0.15) is 48.2 Å². The smallest absolute Gasteiger partial charge is 0.352 e. The Bertz CT molecular complexity index is 1100. The zero-order valence-electron chi connectivity index (χ0n) is 17.6. The number of primary amides is 1. The molecule has 0 radical (unpaired) electrons. The van der Waals surface area contributed by atoms with Crippen LogP contribution in [0.5, 0.6) is 0 Å². The molecule has 3 rings (SSSR count). The van der Waals surface area contributed by atoms with Gasteiger partial charge < -0.3 is 21.1 Å². The van der Waals surface area contributed by atoms with Crippen LogP contribution in [0, 0.1) is 17.2 Å². The van der Waals surface area contributed by atoms with E-state index in [1.807, 2.05) is 6.26 Å². The Labute approximate surface area is 194 Å². The summed E-state index contributed by atoms with van der Waals surface area (Å²) in [7, 11) is 0. The quantitative estimate of drug-likeness (QED) is 0.459. The number of fused-ring (bicyclic) bond motifs is 1. The van der Waals surface area contributed by atoms with Gasteiger partial charge in [-0.15, -0.1) is 0 Å². The number of H-pyrrole nitrogens is 1. The molecule has 0 spiro atoms. The number of halogens is 1. The lowest BCUT2D eigenvalue weighted by Crippen LogP contribution is -2.55. The summed E-state index contributed by atoms with van der Waals surface area (Å²) in [6.45, 7) is 0. The summed E-state index contributed by atoms with van der Waals surface area (Å²) in [5.41, 5.74) is 4.89. The minimum Gasteiger partial charge on any atom is -0.477 e. The molecule has 3 atom stereocenters. The maximum absolute atomic E-state index is 13.4. The number of hydrogen-bond donors (Lipinski definition) is 4. The highest BCUT2D eigenvalue weighted by Crippen LogP contribution is 2.48. The number of aromatic carboxylic acids is 1. The third-order valence-corrected chi connectivity index (χ3v) is 7.05. The maximum atomic E-state index is 13.4. The fourth-order valence-electron chi connectivity index (χ4n) is 4.72. The number of amides is 2. The molecule has 0 saturated heterocycles. The number of hydrogen-bond acceptors (Lipinski definition) is 5. The van der Waals surface area contributed by atoms with Crippen LogP contribution in [0.2, 0.25) is 5.02 Å². The highest BCUT2D eigenvalue weighted by atomic mass is 35.5. The van der Waals surface area contributed by atoms with Gasteiger partial charge in [-0.05, 0) is 43.4 Å². The first-order valence-corrected chi connectivity index (χ1v) is 12.1. The molecule has 5 N–H and O–H groups in total. The fraction of sp³-hybridized carbons (Fsp3) is 0.455. The van der Waals surface area contributed by atoms with Crippen LogP contribution in [0.25, 0.3) is 10.9 Å². The van der Waals surface area contributed by atoms with Crippen LogP contribution in [-0.2, 0) is 15.0 Å². The predicted molar refractivity (Wildman–Crippen MR) is 124 cm³/mol. The number of nitrogens with two attached hydrogens (primary N) is 1. The summed E-state index contributed by atoms with van der Waals surface area (Å²) in [6.07, 6.45) is 4.26. The molecule has 32 heavy (non-hydrogen) atoms. The van der Waals surface area contributed by atoms with Crippen molar-refractivity contribution in [2.75, 3.05) is 12.0 Å². The molecule has 10 heteroatoms. The van der Waals surface area contributed by atoms with Crippen LogP contribution >= 0.6 is 23.4 Å². The van der Waals surface area contributed by atoms with E-state index in [0.717, 1.165) is 0 Å². The lowest BCUT2D eigenvalue weighted by Gasteiger charge is -2.41. The van der Waals surface area contributed by atoms with Gasteiger partial charge in [0.05, 0.1) is 17.4 Å². The van der Waals surface area contributed by atoms with Gasteiger partial charge in [0, 0.05) is 21.5 Å². The molecule has 8 nitrogen and oxygen atoms in total. The number of nitrogens with zero attached hydrogens (tertiary/aromatic N) is 1. The number of benzene rings is 1. The van der Waals surface area contributed by atoms with Crippen molar-refractivity contribution in [1.29, 1.82) is 5.26 Å². The number of nitriles is 1. The lowest BCUT2D eigenvalue weighted by atomic mass is 9.60. The second-order valence-electron chi connectivity index (χ2n) is 7.98. The molecule has 0 unspecified atom stereocenters. The molecule has 1 aliphatic carbocycles. The van der Waals surface area contributed by atoms with Crippen LogP contribution < -0.4 is 11.1 Å². The lowest BCUT2D eigenvalue weighted by molar-refractivity contribution is -0.137. The molecule has 1 fully saturated rings. The van der Waals surface area contributed by atoms with Gasteiger partial charge in [0.2, 0.25) is 11.8 Å². The predicted octanol–water partition coefficient (Wildman–Crippen LogP) is 3.19. The van der Waals surface area contributed by atoms with E-state index in [1.165, 1.54) is 0 Å². The van der Waals surface area contributed by atoms with Crippen molar-refractivity contribution in [1.82, 2.24) is 10.3 Å². The van der Waals surface area contributed by atoms with Crippen LogP contribution in [0.4, 0.5) is 0 Å². The van der Waals surface area contributed by atoms with Crippen LogP contribution in [-0.4, -0.2) is 45.9 Å². The van der Waals surface area contributed by atoms with E-state index in [2.05, 4.69) is 16.4 Å². The van der Waals surface area contributed by atoms with Gasteiger partial charge in [-0.1, -0.05) is 30.5 Å². The summed E-state index contributed by atoms with van der Waals surface area (Å²) in [4.78, 5) is 41.4. The molecule has 0 bridgehead atoms. The number of thioether (sulfide) groups is 1. The Morgan fingerprint density at radius 3 is 2.81 bits per heavy atom. The van der Waals surface area contributed by atoms with E-state index >= 15 is 0 Å². The third-order valence-electron chi connectivity index (χ3n) is 6.17. The number of nitrogens with one attached hydrogen (secondary N) is 2. The maximum Gasteiger partial charge on any atom is 0.352 e. The van der Waals surface area contributed by atoms with Crippen molar-refractivity contribution in [3.63, 3.8) is 0 Å². The van der Waals surface area contributed by atoms with Gasteiger partial charge in [-0.25, -0.2) is 4.79 Å². The van der Waals surface area contributed by atoms with Gasteiger partial charge in [0.1, 0.15) is 11.7 Å². The van der Waals surface area contributed by atoms with Crippen molar-refractivity contribution < 1.29 is 19.5 Å². The molecular weight excluding hydrogens is 452 g/mol. The van der Waals surface area contributed by atoms with Crippen molar-refractivity contribution >= 4 is 52.0 Å². The van der Waals surface area contributed by atoms with Gasteiger partial charge in [-0.2, -0.15) is 17.0 Å². The van der Waals surface area contributed by atoms with E-state index in [1.54, 1.807) is 30.0 Å². The summed E-state index contributed by atoms with van der Waals surface area (Å²) in [5.74, 6) is -2.68. The minimum atomic E-state index is -1.53. The minimum absolute atomic E-state index is 0.181. The summed E-state index contributed by atoms with van der Waals surface area (Å²) in [6, 6.07) is 6.20. The monoisotopic (exact) mass is 476 g/mol. The van der Waals surface area contributed by atoms with Crippen molar-refractivity contribution in [3.05, 3.63) is 34.5 Å². The first-order valence-electron chi connectivity index (χ1n) is 10.3. The van der Waals surface area contributed by atoms with Gasteiger partial charge in [0.15, 0.2) is 0 Å². The largest absolute Gasteiger partial charge is 0.477 e. The zero-order chi connectivity index (χ0) is 23.5. The molecular formula is C22H25ClN4O4S. The van der Waals surface area contributed by atoms with E-state index in [-0.39, 0.29) is 17.7 Å². The number of rotatable bonds is 8. The van der Waals surface area contributed by atoms with Crippen LogP contribution in [0.15, 0.2) is 18.2 Å². The normalized spacial score (nSPS) is 21.6.